The molecule has 4 rings (SSSR count). The van der Waals surface area contributed by atoms with Gasteiger partial charge in [0.2, 0.25) is 0 Å². The molecule has 2 amide bonds. The number of nitrogens with one attached hydrogen (secondary N) is 1. The molecule has 3 fully saturated rings. The Kier molecular flexibility index (Phi) is 6.53. The second kappa shape index (κ2) is 9.17. The summed E-state index contributed by atoms with van der Waals surface area (Å²) in [4.78, 5) is 29.9. The van der Waals surface area contributed by atoms with Gasteiger partial charge in [0.15, 0.2) is 0 Å². The number of hydrogen-bond donors (Lipinski definition) is 2. The Hall–Kier alpha value is -2.12. The van der Waals surface area contributed by atoms with Crippen molar-refractivity contribution in [2.75, 3.05) is 26.7 Å². The summed E-state index contributed by atoms with van der Waals surface area (Å²) in [5.41, 5.74) is 7.05. The van der Waals surface area contributed by atoms with E-state index in [2.05, 4.69) is 31.1 Å². The van der Waals surface area contributed by atoms with E-state index in [1.165, 1.54) is 0 Å². The van der Waals surface area contributed by atoms with E-state index in [1.807, 2.05) is 24.3 Å². The molecule has 7 heteroatoms. The summed E-state index contributed by atoms with van der Waals surface area (Å²) in [6, 6.07) is 7.75. The van der Waals surface area contributed by atoms with E-state index in [0.717, 1.165) is 50.1 Å². The first kappa shape index (κ1) is 22.1. The Morgan fingerprint density at radius 1 is 1.16 bits per heavy atom. The molecule has 1 aromatic carbocycles. The molecule has 1 aromatic rings. The highest BCUT2D eigenvalue weighted by molar-refractivity contribution is 6.35. The van der Waals surface area contributed by atoms with E-state index in [9.17, 15) is 9.59 Å². The normalized spacial score (nSPS) is 33.6. The Labute approximate surface area is 185 Å². The molecule has 2 aliphatic heterocycles. The fraction of sp³-hybridized carbons (Fsp3) is 0.667. The van der Waals surface area contributed by atoms with Crippen LogP contribution in [0.25, 0.3) is 0 Å². The molecule has 1 aliphatic carbocycles. The predicted octanol–water partition coefficient (Wildman–Crippen LogP) is 1.92. The zero-order valence-corrected chi connectivity index (χ0v) is 18.9. The number of ether oxygens (including phenoxy) is 1. The summed E-state index contributed by atoms with van der Waals surface area (Å²) in [5, 5.41) is 2.88. The van der Waals surface area contributed by atoms with E-state index >= 15 is 0 Å². The standard InChI is InChI=1S/C24H36N4O3/c1-15-7-8-21(17-5-4-6-18(12-17)31-19-9-10-27(3)14-19)28(13-15)24(30)23(29)26-22-16(2)11-20(22)25/h4-6,12,15-16,19-22H,7-11,13-14,25H2,1-3H3,(H,26,29)/t15-,16?,19?,20?,21+,22+/m0/s1. The maximum absolute atomic E-state index is 13.2. The molecule has 1 saturated carbocycles. The Bertz CT molecular complexity index is 808. The van der Waals surface area contributed by atoms with Gasteiger partial charge in [0.25, 0.3) is 0 Å². The number of nitrogens with zero attached hydrogens (tertiary/aromatic N) is 2. The summed E-state index contributed by atoms with van der Waals surface area (Å²) in [6.45, 7) is 6.75. The number of likely N-dealkylation sites (N-methyl/N-ethyl adjacent to an activating group) is 1. The molecule has 0 aromatic heterocycles. The van der Waals surface area contributed by atoms with Gasteiger partial charge in [-0.3, -0.25) is 9.59 Å². The highest BCUT2D eigenvalue weighted by atomic mass is 16.5. The van der Waals surface area contributed by atoms with Gasteiger partial charge < -0.3 is 25.6 Å². The Balaban J connectivity index is 1.47. The van der Waals surface area contributed by atoms with Gasteiger partial charge in [-0.05, 0) is 62.3 Å². The van der Waals surface area contributed by atoms with Crippen molar-refractivity contribution < 1.29 is 14.3 Å². The molecule has 170 valence electrons. The molecule has 0 spiro atoms. The van der Waals surface area contributed by atoms with Crippen LogP contribution in [0.15, 0.2) is 24.3 Å². The number of nitrogens with two attached hydrogens (primary N) is 1. The lowest BCUT2D eigenvalue weighted by Crippen LogP contribution is -2.62. The third-order valence-corrected chi connectivity index (χ3v) is 7.18. The van der Waals surface area contributed by atoms with Crippen LogP contribution in [0.5, 0.6) is 5.75 Å². The zero-order valence-electron chi connectivity index (χ0n) is 18.9. The summed E-state index contributed by atoms with van der Waals surface area (Å²) in [5.74, 6) is 0.527. The van der Waals surface area contributed by atoms with Gasteiger partial charge in [0, 0.05) is 31.7 Å². The highest BCUT2D eigenvalue weighted by Gasteiger charge is 2.40. The number of amides is 2. The van der Waals surface area contributed by atoms with E-state index in [1.54, 1.807) is 4.90 Å². The van der Waals surface area contributed by atoms with Crippen molar-refractivity contribution in [3.8, 4) is 5.75 Å². The monoisotopic (exact) mass is 428 g/mol. The van der Waals surface area contributed by atoms with Gasteiger partial charge in [0.1, 0.15) is 11.9 Å². The quantitative estimate of drug-likeness (QED) is 0.716. The van der Waals surface area contributed by atoms with Gasteiger partial charge in [-0.15, -0.1) is 0 Å². The molecule has 6 atom stereocenters. The average Bonchev–Trinajstić information content (AvgIpc) is 3.16. The summed E-state index contributed by atoms with van der Waals surface area (Å²) < 4.78 is 6.20. The van der Waals surface area contributed by atoms with Gasteiger partial charge >= 0.3 is 11.8 Å². The number of benzene rings is 1. The van der Waals surface area contributed by atoms with Crippen LogP contribution in [-0.2, 0) is 9.59 Å². The van der Waals surface area contributed by atoms with Crippen LogP contribution in [0.3, 0.4) is 0 Å². The smallest absolute Gasteiger partial charge is 0.312 e. The van der Waals surface area contributed by atoms with Crippen LogP contribution in [0.4, 0.5) is 0 Å². The molecular formula is C24H36N4O3. The molecule has 2 heterocycles. The fourth-order valence-corrected chi connectivity index (χ4v) is 5.24. The van der Waals surface area contributed by atoms with Gasteiger partial charge in [-0.2, -0.15) is 0 Å². The number of hydrogen-bond acceptors (Lipinski definition) is 5. The van der Waals surface area contributed by atoms with Crippen molar-refractivity contribution in [3.63, 3.8) is 0 Å². The van der Waals surface area contributed by atoms with Crippen molar-refractivity contribution in [1.82, 2.24) is 15.1 Å². The minimum absolute atomic E-state index is 0.0636. The largest absolute Gasteiger partial charge is 0.489 e. The van der Waals surface area contributed by atoms with Crippen LogP contribution in [-0.4, -0.2) is 66.5 Å². The molecule has 2 saturated heterocycles. The minimum atomic E-state index is -0.535. The van der Waals surface area contributed by atoms with Crippen molar-refractivity contribution in [2.24, 2.45) is 17.6 Å². The van der Waals surface area contributed by atoms with Gasteiger partial charge in [-0.1, -0.05) is 26.0 Å². The molecule has 3 aliphatic rings. The summed E-state index contributed by atoms with van der Waals surface area (Å²) in [7, 11) is 2.11. The Morgan fingerprint density at radius 2 is 1.97 bits per heavy atom. The first-order valence-electron chi connectivity index (χ1n) is 11.6. The van der Waals surface area contributed by atoms with Crippen molar-refractivity contribution >= 4 is 11.8 Å². The average molecular weight is 429 g/mol. The molecule has 7 nitrogen and oxygen atoms in total. The summed E-state index contributed by atoms with van der Waals surface area (Å²) in [6.07, 6.45) is 3.97. The first-order valence-corrected chi connectivity index (χ1v) is 11.6. The van der Waals surface area contributed by atoms with Crippen molar-refractivity contribution in [2.45, 2.75) is 63.8 Å². The molecular weight excluding hydrogens is 392 g/mol. The highest BCUT2D eigenvalue weighted by Crippen LogP contribution is 2.35. The van der Waals surface area contributed by atoms with E-state index < -0.39 is 11.8 Å². The fourth-order valence-electron chi connectivity index (χ4n) is 5.24. The van der Waals surface area contributed by atoms with Crippen LogP contribution < -0.4 is 15.8 Å². The van der Waals surface area contributed by atoms with E-state index in [4.69, 9.17) is 10.5 Å². The maximum atomic E-state index is 13.2. The number of rotatable bonds is 4. The number of carbonyl (C=O) groups is 2. The Morgan fingerprint density at radius 3 is 2.65 bits per heavy atom. The van der Waals surface area contributed by atoms with Crippen LogP contribution in [0.1, 0.15) is 51.1 Å². The topological polar surface area (TPSA) is 87.9 Å². The number of carbonyl (C=O) groups excluding carboxylic acids is 2. The zero-order chi connectivity index (χ0) is 22.1. The van der Waals surface area contributed by atoms with E-state index in [0.29, 0.717) is 18.4 Å². The summed E-state index contributed by atoms with van der Waals surface area (Å²) >= 11 is 0. The lowest BCUT2D eigenvalue weighted by atomic mass is 9.76. The molecule has 3 unspecified atom stereocenters. The van der Waals surface area contributed by atoms with Gasteiger partial charge in [-0.25, -0.2) is 0 Å². The first-order chi connectivity index (χ1) is 14.8. The molecule has 0 bridgehead atoms. The van der Waals surface area contributed by atoms with Crippen LogP contribution >= 0.6 is 0 Å². The minimum Gasteiger partial charge on any atom is -0.489 e. The predicted molar refractivity (Wildman–Crippen MR) is 120 cm³/mol. The van der Waals surface area contributed by atoms with E-state index in [-0.39, 0.29) is 24.2 Å². The third kappa shape index (κ3) is 4.88. The molecule has 0 radical (unpaired) electrons. The van der Waals surface area contributed by atoms with Crippen LogP contribution in [0.2, 0.25) is 0 Å². The van der Waals surface area contributed by atoms with Crippen molar-refractivity contribution in [3.05, 3.63) is 29.8 Å². The van der Waals surface area contributed by atoms with Gasteiger partial charge in [0.05, 0.1) is 6.04 Å². The van der Waals surface area contributed by atoms with Crippen LogP contribution in [0, 0.1) is 11.8 Å². The number of piperidine rings is 1. The lowest BCUT2D eigenvalue weighted by molar-refractivity contribution is -0.150. The second-order valence-corrected chi connectivity index (χ2v) is 9.90. The second-order valence-electron chi connectivity index (χ2n) is 9.90. The molecule has 31 heavy (non-hydrogen) atoms. The molecule has 3 N–H and O–H groups in total. The maximum Gasteiger partial charge on any atom is 0.312 e. The lowest BCUT2D eigenvalue weighted by Gasteiger charge is -2.42. The SMILES string of the molecule is CC1CC(N)[C@@H]1NC(=O)C(=O)N1C[C@@H](C)CC[C@@H]1c1cccc(OC2CCN(C)C2)c1. The number of likely N-dealkylation sites (tertiary alicyclic amines) is 2. The third-order valence-electron chi connectivity index (χ3n) is 7.18. The van der Waals surface area contributed by atoms with Crippen molar-refractivity contribution in [1.29, 1.82) is 0 Å².